The van der Waals surface area contributed by atoms with Crippen molar-refractivity contribution >= 4 is 46.9 Å². The van der Waals surface area contributed by atoms with Crippen molar-refractivity contribution in [1.82, 2.24) is 5.43 Å². The molecule has 0 spiro atoms. The minimum Gasteiger partial charge on any atom is -0.326 e. The Morgan fingerprint density at radius 3 is 2.46 bits per heavy atom. The first kappa shape index (κ1) is 19.9. The summed E-state index contributed by atoms with van der Waals surface area (Å²) in [5.41, 5.74) is 5.85. The Balaban J connectivity index is 1.79. The number of anilines is 1. The SMILES string of the molecule is Cc1ccc(NC(=O)CCC(=O)N/N=C\c2ccc(Cl)cc2Cl)c(C)c1. The van der Waals surface area contributed by atoms with E-state index in [1.807, 2.05) is 32.0 Å². The number of hydrazone groups is 1. The van der Waals surface area contributed by atoms with E-state index in [-0.39, 0.29) is 24.7 Å². The van der Waals surface area contributed by atoms with E-state index in [0.717, 1.165) is 16.8 Å². The van der Waals surface area contributed by atoms with Crippen LogP contribution >= 0.6 is 23.2 Å². The standard InChI is InChI=1S/C19H19Cl2N3O2/c1-12-3-6-17(13(2)9-12)23-18(25)7-8-19(26)24-22-11-14-4-5-15(20)10-16(14)21/h3-6,9-11H,7-8H2,1-2H3,(H,23,25)(H,24,26)/b22-11-. The molecule has 0 aliphatic heterocycles. The van der Waals surface area contributed by atoms with Crippen molar-refractivity contribution in [2.24, 2.45) is 5.10 Å². The largest absolute Gasteiger partial charge is 0.326 e. The summed E-state index contributed by atoms with van der Waals surface area (Å²) in [6, 6.07) is 10.7. The minimum atomic E-state index is -0.359. The normalized spacial score (nSPS) is 10.8. The molecular formula is C19H19Cl2N3O2. The second-order valence-corrected chi connectivity index (χ2v) is 6.67. The van der Waals surface area contributed by atoms with Gasteiger partial charge >= 0.3 is 0 Å². The first-order valence-corrected chi connectivity index (χ1v) is 8.75. The number of hydrogen-bond acceptors (Lipinski definition) is 3. The number of nitrogens with one attached hydrogen (secondary N) is 2. The first-order chi connectivity index (χ1) is 12.3. The smallest absolute Gasteiger partial charge is 0.240 e. The zero-order valence-electron chi connectivity index (χ0n) is 14.5. The number of halogens is 2. The number of hydrogen-bond donors (Lipinski definition) is 2. The van der Waals surface area contributed by atoms with Crippen molar-refractivity contribution in [3.63, 3.8) is 0 Å². The molecule has 2 aromatic rings. The molecular weight excluding hydrogens is 373 g/mol. The van der Waals surface area contributed by atoms with Crippen LogP contribution in [-0.4, -0.2) is 18.0 Å². The molecule has 0 aliphatic carbocycles. The molecule has 2 rings (SSSR count). The van der Waals surface area contributed by atoms with E-state index >= 15 is 0 Å². The summed E-state index contributed by atoms with van der Waals surface area (Å²) < 4.78 is 0. The Bertz CT molecular complexity index is 851. The van der Waals surface area contributed by atoms with Gasteiger partial charge in [-0.15, -0.1) is 0 Å². The average molecular weight is 392 g/mol. The molecule has 0 saturated heterocycles. The molecule has 0 atom stereocenters. The molecule has 5 nitrogen and oxygen atoms in total. The number of amides is 2. The van der Waals surface area contributed by atoms with Crippen LogP contribution in [0.4, 0.5) is 5.69 Å². The van der Waals surface area contributed by atoms with Gasteiger partial charge in [0.15, 0.2) is 0 Å². The van der Waals surface area contributed by atoms with Crippen molar-refractivity contribution < 1.29 is 9.59 Å². The van der Waals surface area contributed by atoms with Gasteiger partial charge in [0.25, 0.3) is 0 Å². The predicted molar refractivity (Wildman–Crippen MR) is 106 cm³/mol. The minimum absolute atomic E-state index is 0.0302. The van der Waals surface area contributed by atoms with Gasteiger partial charge in [0.05, 0.1) is 11.2 Å². The fourth-order valence-electron chi connectivity index (χ4n) is 2.23. The van der Waals surface area contributed by atoms with Gasteiger partial charge in [-0.2, -0.15) is 5.10 Å². The summed E-state index contributed by atoms with van der Waals surface area (Å²) in [4.78, 5) is 23.7. The second-order valence-electron chi connectivity index (χ2n) is 5.83. The van der Waals surface area contributed by atoms with Crippen molar-refractivity contribution in [1.29, 1.82) is 0 Å². The first-order valence-electron chi connectivity index (χ1n) is 7.99. The van der Waals surface area contributed by atoms with E-state index in [4.69, 9.17) is 23.2 Å². The highest BCUT2D eigenvalue weighted by molar-refractivity contribution is 6.36. The van der Waals surface area contributed by atoms with Crippen LogP contribution < -0.4 is 10.7 Å². The summed E-state index contributed by atoms with van der Waals surface area (Å²) in [6.07, 6.45) is 1.52. The van der Waals surface area contributed by atoms with Crippen LogP contribution in [0.1, 0.15) is 29.5 Å². The van der Waals surface area contributed by atoms with Gasteiger partial charge in [-0.1, -0.05) is 47.0 Å². The zero-order chi connectivity index (χ0) is 19.1. The van der Waals surface area contributed by atoms with Crippen LogP contribution in [-0.2, 0) is 9.59 Å². The van der Waals surface area contributed by atoms with Gasteiger partial charge in [0, 0.05) is 29.1 Å². The molecule has 2 aromatic carbocycles. The van der Waals surface area contributed by atoms with Crippen LogP contribution in [0.2, 0.25) is 10.0 Å². The number of nitrogens with zero attached hydrogens (tertiary/aromatic N) is 1. The lowest BCUT2D eigenvalue weighted by Gasteiger charge is -2.08. The Labute approximate surface area is 162 Å². The van der Waals surface area contributed by atoms with E-state index < -0.39 is 0 Å². The van der Waals surface area contributed by atoms with Gasteiger partial charge in [-0.25, -0.2) is 5.43 Å². The quantitative estimate of drug-likeness (QED) is 0.562. The van der Waals surface area contributed by atoms with Crippen LogP contribution in [0, 0.1) is 13.8 Å². The molecule has 0 saturated carbocycles. The Morgan fingerprint density at radius 2 is 1.77 bits per heavy atom. The summed E-state index contributed by atoms with van der Waals surface area (Å²) >= 11 is 11.8. The molecule has 0 bridgehead atoms. The van der Waals surface area contributed by atoms with Crippen LogP contribution in [0.3, 0.4) is 0 Å². The van der Waals surface area contributed by atoms with Crippen molar-refractivity contribution in [3.05, 3.63) is 63.1 Å². The molecule has 2 N–H and O–H groups in total. The Morgan fingerprint density at radius 1 is 1.04 bits per heavy atom. The molecule has 2 amide bonds. The van der Waals surface area contributed by atoms with Crippen molar-refractivity contribution in [2.45, 2.75) is 26.7 Å². The van der Waals surface area contributed by atoms with Gasteiger partial charge in [-0.05, 0) is 37.6 Å². The lowest BCUT2D eigenvalue weighted by atomic mass is 10.1. The third-order valence-corrected chi connectivity index (χ3v) is 4.15. The molecule has 0 aliphatic rings. The molecule has 0 unspecified atom stereocenters. The van der Waals surface area contributed by atoms with E-state index in [1.165, 1.54) is 6.21 Å². The maximum Gasteiger partial charge on any atom is 0.240 e. The Hall–Kier alpha value is -2.37. The van der Waals surface area contributed by atoms with E-state index in [1.54, 1.807) is 18.2 Å². The monoisotopic (exact) mass is 391 g/mol. The Kier molecular flexibility index (Phi) is 7.18. The molecule has 26 heavy (non-hydrogen) atoms. The number of benzene rings is 2. The summed E-state index contributed by atoms with van der Waals surface area (Å²) in [7, 11) is 0. The van der Waals surface area contributed by atoms with Crippen molar-refractivity contribution in [2.75, 3.05) is 5.32 Å². The molecule has 0 radical (unpaired) electrons. The highest BCUT2D eigenvalue weighted by atomic mass is 35.5. The average Bonchev–Trinajstić information content (AvgIpc) is 2.57. The van der Waals surface area contributed by atoms with Gasteiger partial charge in [0.2, 0.25) is 11.8 Å². The van der Waals surface area contributed by atoms with Gasteiger partial charge in [0.1, 0.15) is 0 Å². The third-order valence-electron chi connectivity index (χ3n) is 3.59. The zero-order valence-corrected chi connectivity index (χ0v) is 16.0. The third kappa shape index (κ3) is 6.17. The molecule has 7 heteroatoms. The molecule has 0 heterocycles. The fraction of sp³-hybridized carbons (Fsp3) is 0.211. The number of carbonyl (C=O) groups is 2. The maximum atomic E-state index is 12.0. The molecule has 136 valence electrons. The molecule has 0 aromatic heterocycles. The lowest BCUT2D eigenvalue weighted by molar-refractivity contribution is -0.124. The number of aryl methyl sites for hydroxylation is 2. The number of carbonyl (C=O) groups excluding carboxylic acids is 2. The highest BCUT2D eigenvalue weighted by Gasteiger charge is 2.08. The van der Waals surface area contributed by atoms with E-state index in [0.29, 0.717) is 15.6 Å². The van der Waals surface area contributed by atoms with E-state index in [9.17, 15) is 9.59 Å². The second kappa shape index (κ2) is 9.36. The van der Waals surface area contributed by atoms with Crippen LogP contribution in [0.25, 0.3) is 0 Å². The summed E-state index contributed by atoms with van der Waals surface area (Å²) in [5, 5.41) is 7.59. The number of rotatable bonds is 6. The topological polar surface area (TPSA) is 70.6 Å². The van der Waals surface area contributed by atoms with E-state index in [2.05, 4.69) is 15.8 Å². The summed E-state index contributed by atoms with van der Waals surface area (Å²) in [5.74, 6) is -0.584. The van der Waals surface area contributed by atoms with Crippen LogP contribution in [0.5, 0.6) is 0 Å². The highest BCUT2D eigenvalue weighted by Crippen LogP contribution is 2.19. The summed E-state index contributed by atoms with van der Waals surface area (Å²) in [6.45, 7) is 3.91. The van der Waals surface area contributed by atoms with Crippen LogP contribution in [0.15, 0.2) is 41.5 Å². The maximum absolute atomic E-state index is 12.0. The fourth-order valence-corrected chi connectivity index (χ4v) is 2.69. The predicted octanol–water partition coefficient (Wildman–Crippen LogP) is 4.48. The van der Waals surface area contributed by atoms with Gasteiger partial charge in [-0.3, -0.25) is 9.59 Å². The van der Waals surface area contributed by atoms with Crippen molar-refractivity contribution in [3.8, 4) is 0 Å². The molecule has 0 fully saturated rings. The lowest BCUT2D eigenvalue weighted by Crippen LogP contribution is -2.20. The van der Waals surface area contributed by atoms with Gasteiger partial charge < -0.3 is 5.32 Å².